The first-order chi connectivity index (χ1) is 12.5. The van der Waals surface area contributed by atoms with Gasteiger partial charge in [0.15, 0.2) is 0 Å². The van der Waals surface area contributed by atoms with Gasteiger partial charge in [0.1, 0.15) is 11.5 Å². The number of hydrogen-bond donors (Lipinski definition) is 1. The van der Waals surface area contributed by atoms with Crippen molar-refractivity contribution in [3.8, 4) is 11.5 Å². The van der Waals surface area contributed by atoms with Crippen molar-refractivity contribution in [3.05, 3.63) is 47.5 Å². The maximum atomic E-state index is 12.6. The first-order valence-corrected chi connectivity index (χ1v) is 8.48. The Morgan fingerprint density at radius 1 is 1.19 bits per heavy atom. The molecule has 1 fully saturated rings. The maximum absolute atomic E-state index is 12.6. The van der Waals surface area contributed by atoms with Crippen molar-refractivity contribution >= 4 is 34.8 Å². The number of halogens is 1. The zero-order chi connectivity index (χ0) is 18.7. The van der Waals surface area contributed by atoms with Gasteiger partial charge in [0, 0.05) is 29.7 Å². The number of ether oxygens (including phenoxy) is 2. The van der Waals surface area contributed by atoms with Crippen LogP contribution in [0.5, 0.6) is 11.5 Å². The van der Waals surface area contributed by atoms with Gasteiger partial charge in [-0.15, -0.1) is 0 Å². The predicted octanol–water partition coefficient (Wildman–Crippen LogP) is 3.35. The van der Waals surface area contributed by atoms with Crippen molar-refractivity contribution in [2.75, 3.05) is 31.0 Å². The average Bonchev–Trinajstić information content (AvgIpc) is 3.04. The molecule has 0 saturated carbocycles. The van der Waals surface area contributed by atoms with Crippen LogP contribution in [0.4, 0.5) is 11.4 Å². The molecule has 26 heavy (non-hydrogen) atoms. The predicted molar refractivity (Wildman–Crippen MR) is 100 cm³/mol. The van der Waals surface area contributed by atoms with Gasteiger partial charge in [-0.05, 0) is 30.3 Å². The van der Waals surface area contributed by atoms with Crippen LogP contribution in [-0.2, 0) is 9.59 Å². The second kappa shape index (κ2) is 7.66. The van der Waals surface area contributed by atoms with E-state index in [4.69, 9.17) is 21.1 Å². The molecule has 1 atom stereocenters. The Bertz CT molecular complexity index is 840. The number of amides is 2. The molecule has 0 aromatic heterocycles. The van der Waals surface area contributed by atoms with E-state index in [1.54, 1.807) is 54.5 Å². The van der Waals surface area contributed by atoms with Crippen LogP contribution in [0.2, 0.25) is 5.02 Å². The standard InChI is InChI=1S/C19H19ClN2O4/c1-25-15-6-7-16(17(10-15)26-2)21-19(24)12-8-18(23)22(11-12)14-5-3-4-13(20)9-14/h3-7,9-10,12H,8,11H2,1-2H3,(H,21,24). The third-order valence-electron chi connectivity index (χ3n) is 4.28. The summed E-state index contributed by atoms with van der Waals surface area (Å²) < 4.78 is 10.4. The molecule has 2 aromatic rings. The first kappa shape index (κ1) is 18.1. The largest absolute Gasteiger partial charge is 0.497 e. The van der Waals surface area contributed by atoms with Gasteiger partial charge in [-0.3, -0.25) is 9.59 Å². The minimum absolute atomic E-state index is 0.103. The third-order valence-corrected chi connectivity index (χ3v) is 4.52. The molecule has 0 aliphatic carbocycles. The lowest BCUT2D eigenvalue weighted by Crippen LogP contribution is -2.28. The van der Waals surface area contributed by atoms with Crippen LogP contribution in [0.1, 0.15) is 6.42 Å². The van der Waals surface area contributed by atoms with Crippen molar-refractivity contribution in [3.63, 3.8) is 0 Å². The van der Waals surface area contributed by atoms with Gasteiger partial charge in [0.25, 0.3) is 0 Å². The average molecular weight is 375 g/mol. The molecule has 1 aliphatic heterocycles. The van der Waals surface area contributed by atoms with Crippen LogP contribution in [0.25, 0.3) is 0 Å². The van der Waals surface area contributed by atoms with Gasteiger partial charge >= 0.3 is 0 Å². The van der Waals surface area contributed by atoms with E-state index in [2.05, 4.69) is 5.32 Å². The van der Waals surface area contributed by atoms with Crippen LogP contribution < -0.4 is 19.7 Å². The summed E-state index contributed by atoms with van der Waals surface area (Å²) >= 11 is 5.99. The Kier molecular flexibility index (Phi) is 5.32. The summed E-state index contributed by atoms with van der Waals surface area (Å²) in [6.07, 6.45) is 0.150. The molecular formula is C19H19ClN2O4. The zero-order valence-electron chi connectivity index (χ0n) is 14.5. The summed E-state index contributed by atoms with van der Waals surface area (Å²) in [5.74, 6) is 0.338. The quantitative estimate of drug-likeness (QED) is 0.871. The third kappa shape index (κ3) is 3.75. The molecule has 1 aliphatic rings. The highest BCUT2D eigenvalue weighted by Crippen LogP contribution is 2.31. The van der Waals surface area contributed by atoms with Gasteiger partial charge in [-0.1, -0.05) is 17.7 Å². The van der Waals surface area contributed by atoms with E-state index in [0.29, 0.717) is 34.4 Å². The van der Waals surface area contributed by atoms with E-state index in [9.17, 15) is 9.59 Å². The molecule has 7 heteroatoms. The van der Waals surface area contributed by atoms with Crippen LogP contribution in [-0.4, -0.2) is 32.6 Å². The number of hydrogen-bond acceptors (Lipinski definition) is 4. The van der Waals surface area contributed by atoms with Crippen LogP contribution in [0.15, 0.2) is 42.5 Å². The Morgan fingerprint density at radius 3 is 2.69 bits per heavy atom. The van der Waals surface area contributed by atoms with E-state index < -0.39 is 5.92 Å². The molecule has 0 bridgehead atoms. The number of benzene rings is 2. The van der Waals surface area contributed by atoms with E-state index in [-0.39, 0.29) is 18.2 Å². The first-order valence-electron chi connectivity index (χ1n) is 8.10. The highest BCUT2D eigenvalue weighted by atomic mass is 35.5. The molecule has 2 amide bonds. The molecule has 2 aromatic carbocycles. The topological polar surface area (TPSA) is 67.9 Å². The second-order valence-electron chi connectivity index (χ2n) is 5.94. The lowest BCUT2D eigenvalue weighted by Gasteiger charge is -2.17. The molecular weight excluding hydrogens is 356 g/mol. The monoisotopic (exact) mass is 374 g/mol. The highest BCUT2D eigenvalue weighted by molar-refractivity contribution is 6.31. The fraction of sp³-hybridized carbons (Fsp3) is 0.263. The van der Waals surface area contributed by atoms with Crippen LogP contribution >= 0.6 is 11.6 Å². The number of nitrogens with one attached hydrogen (secondary N) is 1. The molecule has 1 N–H and O–H groups in total. The van der Waals surface area contributed by atoms with Gasteiger partial charge in [0.05, 0.1) is 25.8 Å². The maximum Gasteiger partial charge on any atom is 0.229 e. The van der Waals surface area contributed by atoms with Gasteiger partial charge in [-0.2, -0.15) is 0 Å². The van der Waals surface area contributed by atoms with E-state index in [1.807, 2.05) is 0 Å². The second-order valence-corrected chi connectivity index (χ2v) is 6.38. The number of methoxy groups -OCH3 is 2. The summed E-state index contributed by atoms with van der Waals surface area (Å²) in [6, 6.07) is 12.2. The van der Waals surface area contributed by atoms with Crippen molar-refractivity contribution in [2.45, 2.75) is 6.42 Å². The van der Waals surface area contributed by atoms with E-state index >= 15 is 0 Å². The van der Waals surface area contributed by atoms with Gasteiger partial charge in [0.2, 0.25) is 11.8 Å². The fourth-order valence-electron chi connectivity index (χ4n) is 2.91. The van der Waals surface area contributed by atoms with Crippen molar-refractivity contribution in [1.29, 1.82) is 0 Å². The molecule has 3 rings (SSSR count). The summed E-state index contributed by atoms with van der Waals surface area (Å²) in [4.78, 5) is 26.5. The van der Waals surface area contributed by atoms with E-state index in [0.717, 1.165) is 0 Å². The molecule has 136 valence electrons. The minimum atomic E-state index is -0.451. The molecule has 0 radical (unpaired) electrons. The Morgan fingerprint density at radius 2 is 2.00 bits per heavy atom. The Hall–Kier alpha value is -2.73. The summed E-state index contributed by atoms with van der Waals surface area (Å²) in [6.45, 7) is 0.309. The summed E-state index contributed by atoms with van der Waals surface area (Å²) in [5, 5.41) is 3.38. The minimum Gasteiger partial charge on any atom is -0.497 e. The SMILES string of the molecule is COc1ccc(NC(=O)C2CC(=O)N(c3cccc(Cl)c3)C2)c(OC)c1. The number of anilines is 2. The fourth-order valence-corrected chi connectivity index (χ4v) is 3.10. The van der Waals surface area contributed by atoms with Gasteiger partial charge in [-0.25, -0.2) is 0 Å². The highest BCUT2D eigenvalue weighted by Gasteiger charge is 2.35. The van der Waals surface area contributed by atoms with Crippen molar-refractivity contribution in [2.24, 2.45) is 5.92 Å². The van der Waals surface area contributed by atoms with Gasteiger partial charge < -0.3 is 19.7 Å². The molecule has 1 saturated heterocycles. The van der Waals surface area contributed by atoms with Crippen molar-refractivity contribution < 1.29 is 19.1 Å². The Balaban J connectivity index is 1.72. The van der Waals surface area contributed by atoms with Crippen LogP contribution in [0, 0.1) is 5.92 Å². The lowest BCUT2D eigenvalue weighted by atomic mass is 10.1. The summed E-state index contributed by atoms with van der Waals surface area (Å²) in [7, 11) is 3.08. The number of rotatable bonds is 5. The number of nitrogens with zero attached hydrogens (tertiary/aromatic N) is 1. The normalized spacial score (nSPS) is 16.5. The Labute approximate surface area is 156 Å². The number of carbonyl (C=O) groups is 2. The molecule has 0 spiro atoms. The molecule has 6 nitrogen and oxygen atoms in total. The summed E-state index contributed by atoms with van der Waals surface area (Å²) in [5.41, 5.74) is 1.23. The van der Waals surface area contributed by atoms with Crippen molar-refractivity contribution in [1.82, 2.24) is 0 Å². The van der Waals surface area contributed by atoms with E-state index in [1.165, 1.54) is 7.11 Å². The molecule has 1 heterocycles. The zero-order valence-corrected chi connectivity index (χ0v) is 15.2. The lowest BCUT2D eigenvalue weighted by molar-refractivity contribution is -0.122. The smallest absolute Gasteiger partial charge is 0.229 e. The molecule has 1 unspecified atom stereocenters. The number of carbonyl (C=O) groups excluding carboxylic acids is 2. The van der Waals surface area contributed by atoms with Crippen LogP contribution in [0.3, 0.4) is 0 Å².